The molecule has 2 aliphatic rings. The fourth-order valence-electron chi connectivity index (χ4n) is 5.17. The van der Waals surface area contributed by atoms with Crippen molar-refractivity contribution in [1.82, 2.24) is 20.0 Å². The summed E-state index contributed by atoms with van der Waals surface area (Å²) in [6.45, 7) is 2.56. The molecule has 2 aliphatic heterocycles. The van der Waals surface area contributed by atoms with Gasteiger partial charge in [-0.05, 0) is 55.9 Å². The molecular formula is C28H31FN4O4. The third-order valence-corrected chi connectivity index (χ3v) is 7.29. The Hall–Kier alpha value is -3.59. The van der Waals surface area contributed by atoms with Crippen LogP contribution in [0.3, 0.4) is 0 Å². The van der Waals surface area contributed by atoms with Crippen molar-refractivity contribution in [3.63, 3.8) is 0 Å². The number of ether oxygens (including phenoxy) is 1. The molecule has 3 heterocycles. The number of hydrogen-bond acceptors (Lipinski definition) is 5. The number of H-pyrrole nitrogens is 1. The number of halogens is 1. The van der Waals surface area contributed by atoms with Gasteiger partial charge < -0.3 is 14.5 Å². The van der Waals surface area contributed by atoms with E-state index in [1.807, 2.05) is 17.0 Å². The number of aromatic amines is 1. The largest absolute Gasteiger partial charge is 0.368 e. The van der Waals surface area contributed by atoms with Crippen molar-refractivity contribution in [3.05, 3.63) is 75.5 Å². The van der Waals surface area contributed by atoms with Crippen molar-refractivity contribution in [2.24, 2.45) is 0 Å². The molecule has 0 atom stereocenters. The Kier molecular flexibility index (Phi) is 7.60. The highest BCUT2D eigenvalue weighted by molar-refractivity contribution is 5.95. The minimum absolute atomic E-state index is 0.0193. The molecule has 0 radical (unpaired) electrons. The lowest BCUT2D eigenvalue weighted by Crippen LogP contribution is -2.43. The highest BCUT2D eigenvalue weighted by Gasteiger charge is 2.27. The molecule has 2 fully saturated rings. The van der Waals surface area contributed by atoms with Gasteiger partial charge in [-0.3, -0.25) is 14.4 Å². The fourth-order valence-corrected chi connectivity index (χ4v) is 5.17. The van der Waals surface area contributed by atoms with Crippen LogP contribution >= 0.6 is 0 Å². The summed E-state index contributed by atoms with van der Waals surface area (Å²) in [5.41, 5.74) is 1.13. The van der Waals surface area contributed by atoms with Crippen LogP contribution in [0.2, 0.25) is 0 Å². The standard InChI is InChI=1S/C28H31FN4O4/c29-24-9-8-19(17-25-21-6-2-3-7-22(21)27(35)31-30-25)16-23(24)28(36)33-14-10-20(11-15-33)37-18-26(34)32-12-4-1-5-13-32/h2-3,6-9,16,20H,1,4-5,10-15,17-18H2,(H,31,35). The van der Waals surface area contributed by atoms with E-state index in [-0.39, 0.29) is 35.6 Å². The molecule has 0 unspecified atom stereocenters. The normalized spacial score (nSPS) is 16.8. The maximum absolute atomic E-state index is 14.7. The van der Waals surface area contributed by atoms with E-state index < -0.39 is 5.82 Å². The molecule has 3 aromatic rings. The number of carbonyl (C=O) groups is 2. The first-order chi connectivity index (χ1) is 18.0. The summed E-state index contributed by atoms with van der Waals surface area (Å²) in [4.78, 5) is 41.1. The quantitative estimate of drug-likeness (QED) is 0.554. The first kappa shape index (κ1) is 25.1. The second kappa shape index (κ2) is 11.2. The Bertz CT molecular complexity index is 1340. The highest BCUT2D eigenvalue weighted by Crippen LogP contribution is 2.22. The molecule has 0 aliphatic carbocycles. The van der Waals surface area contributed by atoms with Gasteiger partial charge in [0.05, 0.1) is 22.7 Å². The monoisotopic (exact) mass is 506 g/mol. The number of benzene rings is 2. The number of aromatic nitrogens is 2. The van der Waals surface area contributed by atoms with Gasteiger partial charge in [0.1, 0.15) is 12.4 Å². The summed E-state index contributed by atoms with van der Waals surface area (Å²) in [5.74, 6) is -0.901. The summed E-state index contributed by atoms with van der Waals surface area (Å²) in [6.07, 6.45) is 4.72. The van der Waals surface area contributed by atoms with Gasteiger partial charge >= 0.3 is 0 Å². The van der Waals surface area contributed by atoms with E-state index in [0.29, 0.717) is 43.4 Å². The topological polar surface area (TPSA) is 95.6 Å². The minimum atomic E-state index is -0.571. The molecular weight excluding hydrogens is 475 g/mol. The van der Waals surface area contributed by atoms with Crippen molar-refractivity contribution in [2.45, 2.75) is 44.6 Å². The van der Waals surface area contributed by atoms with Crippen LogP contribution in [0.25, 0.3) is 10.8 Å². The number of piperidine rings is 2. The highest BCUT2D eigenvalue weighted by atomic mass is 19.1. The van der Waals surface area contributed by atoms with Gasteiger partial charge in [-0.15, -0.1) is 0 Å². The SMILES string of the molecule is O=C(COC1CCN(C(=O)c2cc(Cc3n[nH]c(=O)c4ccccc34)ccc2F)CC1)N1CCCCC1. The predicted molar refractivity (Wildman–Crippen MR) is 137 cm³/mol. The Morgan fingerprint density at radius 2 is 1.70 bits per heavy atom. The third-order valence-electron chi connectivity index (χ3n) is 7.29. The molecule has 2 amide bonds. The van der Waals surface area contributed by atoms with E-state index >= 15 is 0 Å². The Morgan fingerprint density at radius 1 is 0.973 bits per heavy atom. The number of nitrogens with zero attached hydrogens (tertiary/aromatic N) is 3. The molecule has 2 saturated heterocycles. The molecule has 0 bridgehead atoms. The lowest BCUT2D eigenvalue weighted by molar-refractivity contribution is -0.140. The Labute approximate surface area is 214 Å². The second-order valence-electron chi connectivity index (χ2n) is 9.78. The van der Waals surface area contributed by atoms with Crippen LogP contribution < -0.4 is 5.56 Å². The number of hydrogen-bond donors (Lipinski definition) is 1. The molecule has 37 heavy (non-hydrogen) atoms. The van der Waals surface area contributed by atoms with Crippen LogP contribution in [0.5, 0.6) is 0 Å². The summed E-state index contributed by atoms with van der Waals surface area (Å²) in [5, 5.41) is 7.96. The lowest BCUT2D eigenvalue weighted by Gasteiger charge is -2.33. The summed E-state index contributed by atoms with van der Waals surface area (Å²) < 4.78 is 20.6. The van der Waals surface area contributed by atoms with Crippen molar-refractivity contribution in [3.8, 4) is 0 Å². The van der Waals surface area contributed by atoms with Crippen molar-refractivity contribution >= 4 is 22.6 Å². The van der Waals surface area contributed by atoms with Crippen molar-refractivity contribution in [1.29, 1.82) is 0 Å². The third kappa shape index (κ3) is 5.72. The molecule has 0 spiro atoms. The summed E-state index contributed by atoms with van der Waals surface area (Å²) in [6, 6.07) is 11.7. The maximum Gasteiger partial charge on any atom is 0.272 e. The number of likely N-dealkylation sites (tertiary alicyclic amines) is 2. The first-order valence-electron chi connectivity index (χ1n) is 12.9. The lowest BCUT2D eigenvalue weighted by atomic mass is 10.0. The summed E-state index contributed by atoms with van der Waals surface area (Å²) in [7, 11) is 0. The van der Waals surface area contributed by atoms with E-state index in [1.54, 1.807) is 29.2 Å². The van der Waals surface area contributed by atoms with Gasteiger partial charge in [0.15, 0.2) is 0 Å². The van der Waals surface area contributed by atoms with Crippen molar-refractivity contribution in [2.75, 3.05) is 32.8 Å². The number of carbonyl (C=O) groups excluding carboxylic acids is 2. The molecule has 2 aromatic carbocycles. The average Bonchev–Trinajstić information content (AvgIpc) is 2.95. The number of amides is 2. The van der Waals surface area contributed by atoms with Crippen LogP contribution in [0.15, 0.2) is 47.3 Å². The first-order valence-corrected chi connectivity index (χ1v) is 12.9. The van der Waals surface area contributed by atoms with Crippen LogP contribution in [-0.4, -0.2) is 70.7 Å². The van der Waals surface area contributed by atoms with Crippen LogP contribution in [0.1, 0.15) is 53.7 Å². The van der Waals surface area contributed by atoms with Gasteiger partial charge in [-0.25, -0.2) is 9.49 Å². The van der Waals surface area contributed by atoms with Gasteiger partial charge in [0.2, 0.25) is 5.91 Å². The van der Waals surface area contributed by atoms with Crippen LogP contribution in [0.4, 0.5) is 4.39 Å². The van der Waals surface area contributed by atoms with Gasteiger partial charge in [0, 0.05) is 38.0 Å². The number of fused-ring (bicyclic) bond motifs is 1. The Balaban J connectivity index is 1.20. The molecule has 194 valence electrons. The number of rotatable bonds is 6. The fraction of sp³-hybridized carbons (Fsp3) is 0.429. The molecule has 0 saturated carbocycles. The molecule has 8 nitrogen and oxygen atoms in total. The van der Waals surface area contributed by atoms with Gasteiger partial charge in [-0.1, -0.05) is 24.3 Å². The van der Waals surface area contributed by atoms with E-state index in [2.05, 4.69) is 10.2 Å². The summed E-state index contributed by atoms with van der Waals surface area (Å²) >= 11 is 0. The van der Waals surface area contributed by atoms with E-state index in [4.69, 9.17) is 4.74 Å². The zero-order valence-electron chi connectivity index (χ0n) is 20.7. The smallest absolute Gasteiger partial charge is 0.272 e. The molecule has 1 aromatic heterocycles. The maximum atomic E-state index is 14.7. The van der Waals surface area contributed by atoms with Crippen LogP contribution in [-0.2, 0) is 16.0 Å². The van der Waals surface area contributed by atoms with Crippen molar-refractivity contribution < 1.29 is 18.7 Å². The minimum Gasteiger partial charge on any atom is -0.368 e. The Morgan fingerprint density at radius 3 is 2.46 bits per heavy atom. The second-order valence-corrected chi connectivity index (χ2v) is 9.78. The van der Waals surface area contributed by atoms with E-state index in [9.17, 15) is 18.8 Å². The zero-order chi connectivity index (χ0) is 25.8. The van der Waals surface area contributed by atoms with Crippen LogP contribution in [0, 0.1) is 5.82 Å². The molecule has 5 rings (SSSR count). The zero-order valence-corrected chi connectivity index (χ0v) is 20.7. The van der Waals surface area contributed by atoms with Gasteiger partial charge in [0.25, 0.3) is 11.5 Å². The molecule has 9 heteroatoms. The predicted octanol–water partition coefficient (Wildman–Crippen LogP) is 3.29. The number of nitrogens with one attached hydrogen (secondary N) is 1. The van der Waals surface area contributed by atoms with Gasteiger partial charge in [-0.2, -0.15) is 5.10 Å². The van der Waals surface area contributed by atoms with E-state index in [0.717, 1.165) is 36.9 Å². The van der Waals surface area contributed by atoms with E-state index in [1.165, 1.54) is 12.5 Å². The molecule has 1 N–H and O–H groups in total. The average molecular weight is 507 g/mol.